The van der Waals surface area contributed by atoms with Crippen LogP contribution >= 0.6 is 12.4 Å². The smallest absolute Gasteiger partial charge is 0.235 e. The third-order valence-electron chi connectivity index (χ3n) is 3.35. The van der Waals surface area contributed by atoms with Crippen LogP contribution in [0, 0.1) is 0 Å². The Morgan fingerprint density at radius 3 is 2.77 bits per heavy atom. The molecular formula is C14H22ClN3O3S. The van der Waals surface area contributed by atoms with Crippen LogP contribution < -0.4 is 14.9 Å². The summed E-state index contributed by atoms with van der Waals surface area (Å²) in [5.41, 5.74) is 1.24. The van der Waals surface area contributed by atoms with Gasteiger partial charge in [0.2, 0.25) is 15.9 Å². The minimum absolute atomic E-state index is 0. The summed E-state index contributed by atoms with van der Waals surface area (Å²) < 4.78 is 25.2. The number of amides is 1. The summed E-state index contributed by atoms with van der Waals surface area (Å²) in [6.45, 7) is 1.29. The van der Waals surface area contributed by atoms with E-state index in [2.05, 4.69) is 10.6 Å². The van der Waals surface area contributed by atoms with E-state index >= 15 is 0 Å². The van der Waals surface area contributed by atoms with Crippen molar-refractivity contribution in [3.63, 3.8) is 0 Å². The molecule has 124 valence electrons. The summed E-state index contributed by atoms with van der Waals surface area (Å²) in [5.74, 6) is 0.125. The maximum atomic E-state index is 11.9. The fourth-order valence-electron chi connectivity index (χ4n) is 2.32. The fraction of sp³-hybridized carbons (Fsp3) is 0.500. The maximum Gasteiger partial charge on any atom is 0.235 e. The van der Waals surface area contributed by atoms with Gasteiger partial charge in [-0.2, -0.15) is 0 Å². The van der Waals surface area contributed by atoms with Crippen LogP contribution in [0.25, 0.3) is 0 Å². The molecule has 6 nitrogen and oxygen atoms in total. The van der Waals surface area contributed by atoms with Crippen LogP contribution in [-0.4, -0.2) is 40.2 Å². The lowest BCUT2D eigenvalue weighted by Crippen LogP contribution is -2.25. The van der Waals surface area contributed by atoms with Crippen molar-refractivity contribution in [1.82, 2.24) is 5.32 Å². The number of hydrogen-bond acceptors (Lipinski definition) is 4. The van der Waals surface area contributed by atoms with Gasteiger partial charge in [-0.15, -0.1) is 12.4 Å². The van der Waals surface area contributed by atoms with E-state index in [1.165, 1.54) is 4.31 Å². The predicted molar refractivity (Wildman–Crippen MR) is 91.2 cm³/mol. The molecule has 0 atom stereocenters. The third-order valence-corrected chi connectivity index (χ3v) is 5.22. The Kier molecular flexibility index (Phi) is 7.12. The number of carbonyl (C=O) groups excluding carboxylic acids is 1. The van der Waals surface area contributed by atoms with Crippen LogP contribution in [0.2, 0.25) is 0 Å². The molecule has 8 heteroatoms. The van der Waals surface area contributed by atoms with Gasteiger partial charge in [0.1, 0.15) is 0 Å². The minimum atomic E-state index is -3.19. The van der Waals surface area contributed by atoms with E-state index in [-0.39, 0.29) is 24.1 Å². The molecule has 2 rings (SSSR count). The standard InChI is InChI=1S/C14H21N3O3S.ClH/c1-15-8-3-7-14(18)16-12-5-2-6-13(11-12)17-9-4-10-21(17,19)20;/h2,5-6,11,15H,3-4,7-10H2,1H3,(H,16,18);1H. The number of halogens is 1. The molecule has 2 N–H and O–H groups in total. The van der Waals surface area contributed by atoms with Gasteiger partial charge in [-0.05, 0) is 44.6 Å². The van der Waals surface area contributed by atoms with Crippen LogP contribution in [0.15, 0.2) is 24.3 Å². The van der Waals surface area contributed by atoms with Gasteiger partial charge in [0, 0.05) is 18.7 Å². The highest BCUT2D eigenvalue weighted by Crippen LogP contribution is 2.26. The van der Waals surface area contributed by atoms with E-state index in [1.807, 2.05) is 7.05 Å². The summed E-state index contributed by atoms with van der Waals surface area (Å²) >= 11 is 0. The molecule has 0 bridgehead atoms. The zero-order chi connectivity index (χ0) is 15.3. The molecule has 1 heterocycles. The summed E-state index contributed by atoms with van der Waals surface area (Å²) in [4.78, 5) is 11.8. The predicted octanol–water partition coefficient (Wildman–Crippen LogP) is 1.59. The molecule has 1 aliphatic rings. The number of carbonyl (C=O) groups is 1. The Morgan fingerprint density at radius 2 is 2.14 bits per heavy atom. The second kappa shape index (κ2) is 8.36. The van der Waals surface area contributed by atoms with Gasteiger partial charge in [0.15, 0.2) is 0 Å². The molecular weight excluding hydrogens is 326 g/mol. The minimum Gasteiger partial charge on any atom is -0.326 e. The molecule has 1 aromatic rings. The van der Waals surface area contributed by atoms with Crippen molar-refractivity contribution in [2.75, 3.05) is 35.5 Å². The second-order valence-electron chi connectivity index (χ2n) is 5.05. The molecule has 1 aromatic carbocycles. The lowest BCUT2D eigenvalue weighted by atomic mass is 10.2. The lowest BCUT2D eigenvalue weighted by Gasteiger charge is -2.17. The van der Waals surface area contributed by atoms with Crippen molar-refractivity contribution in [3.8, 4) is 0 Å². The summed E-state index contributed by atoms with van der Waals surface area (Å²) in [6, 6.07) is 6.98. The highest BCUT2D eigenvalue weighted by Gasteiger charge is 2.28. The Hall–Kier alpha value is -1.31. The van der Waals surface area contributed by atoms with E-state index in [9.17, 15) is 13.2 Å². The molecule has 0 unspecified atom stereocenters. The van der Waals surface area contributed by atoms with E-state index in [1.54, 1.807) is 24.3 Å². The first-order valence-corrected chi connectivity index (χ1v) is 8.69. The number of sulfonamides is 1. The highest BCUT2D eigenvalue weighted by atomic mass is 35.5. The third kappa shape index (κ3) is 4.86. The zero-order valence-corrected chi connectivity index (χ0v) is 14.2. The molecule has 1 fully saturated rings. The van der Waals surface area contributed by atoms with Gasteiger partial charge < -0.3 is 10.6 Å². The number of nitrogens with one attached hydrogen (secondary N) is 2. The quantitative estimate of drug-likeness (QED) is 0.766. The van der Waals surface area contributed by atoms with E-state index in [4.69, 9.17) is 0 Å². The highest BCUT2D eigenvalue weighted by molar-refractivity contribution is 7.93. The maximum absolute atomic E-state index is 11.9. The van der Waals surface area contributed by atoms with Gasteiger partial charge in [0.25, 0.3) is 0 Å². The van der Waals surface area contributed by atoms with Gasteiger partial charge in [-0.3, -0.25) is 9.10 Å². The monoisotopic (exact) mass is 347 g/mol. The topological polar surface area (TPSA) is 78.5 Å². The first-order valence-electron chi connectivity index (χ1n) is 7.08. The number of anilines is 2. The molecule has 1 aliphatic heterocycles. The number of benzene rings is 1. The van der Waals surface area contributed by atoms with Crippen LogP contribution in [0.3, 0.4) is 0 Å². The van der Waals surface area contributed by atoms with Gasteiger partial charge >= 0.3 is 0 Å². The molecule has 22 heavy (non-hydrogen) atoms. The van der Waals surface area contributed by atoms with Gasteiger partial charge in [-0.1, -0.05) is 6.07 Å². The Bertz CT molecular complexity index is 607. The van der Waals surface area contributed by atoms with Gasteiger partial charge in [0.05, 0.1) is 11.4 Å². The van der Waals surface area contributed by atoms with Crippen molar-refractivity contribution in [2.45, 2.75) is 19.3 Å². The average molecular weight is 348 g/mol. The molecule has 0 radical (unpaired) electrons. The van der Waals surface area contributed by atoms with Crippen molar-refractivity contribution in [2.24, 2.45) is 0 Å². The Labute approximate surface area is 137 Å². The Morgan fingerprint density at radius 1 is 1.36 bits per heavy atom. The van der Waals surface area contributed by atoms with Crippen LogP contribution in [0.5, 0.6) is 0 Å². The summed E-state index contributed by atoms with van der Waals surface area (Å²) in [6.07, 6.45) is 1.85. The molecule has 1 amide bonds. The zero-order valence-electron chi connectivity index (χ0n) is 12.5. The summed E-state index contributed by atoms with van der Waals surface area (Å²) in [7, 11) is -1.35. The van der Waals surface area contributed by atoms with Crippen molar-refractivity contribution in [1.29, 1.82) is 0 Å². The van der Waals surface area contributed by atoms with E-state index in [0.717, 1.165) is 13.0 Å². The second-order valence-corrected chi connectivity index (χ2v) is 7.06. The van der Waals surface area contributed by atoms with Crippen molar-refractivity contribution >= 4 is 39.7 Å². The molecule has 1 saturated heterocycles. The van der Waals surface area contributed by atoms with E-state index in [0.29, 0.717) is 30.8 Å². The number of nitrogens with zero attached hydrogens (tertiary/aromatic N) is 1. The molecule has 0 aromatic heterocycles. The number of rotatable bonds is 6. The van der Waals surface area contributed by atoms with Gasteiger partial charge in [-0.25, -0.2) is 8.42 Å². The largest absolute Gasteiger partial charge is 0.326 e. The SMILES string of the molecule is CNCCCC(=O)Nc1cccc(N2CCCS2(=O)=O)c1.Cl. The number of hydrogen-bond donors (Lipinski definition) is 2. The van der Waals surface area contributed by atoms with Crippen LogP contribution in [0.1, 0.15) is 19.3 Å². The normalized spacial score (nSPS) is 16.1. The first-order chi connectivity index (χ1) is 10.0. The average Bonchev–Trinajstić information content (AvgIpc) is 2.79. The van der Waals surface area contributed by atoms with Crippen molar-refractivity contribution in [3.05, 3.63) is 24.3 Å². The van der Waals surface area contributed by atoms with Crippen LogP contribution in [0.4, 0.5) is 11.4 Å². The lowest BCUT2D eigenvalue weighted by molar-refractivity contribution is -0.116. The first kappa shape index (κ1) is 18.7. The summed E-state index contributed by atoms with van der Waals surface area (Å²) in [5, 5.41) is 5.79. The van der Waals surface area contributed by atoms with Crippen molar-refractivity contribution < 1.29 is 13.2 Å². The molecule has 0 saturated carbocycles. The van der Waals surface area contributed by atoms with Crippen LogP contribution in [-0.2, 0) is 14.8 Å². The molecule has 0 spiro atoms. The van der Waals surface area contributed by atoms with E-state index < -0.39 is 10.0 Å². The molecule has 0 aliphatic carbocycles. The fourth-order valence-corrected chi connectivity index (χ4v) is 3.87. The Balaban J connectivity index is 0.00000242.